The van der Waals surface area contributed by atoms with E-state index in [1.54, 1.807) is 0 Å². The normalized spacial score (nSPS) is 20.2. The highest BCUT2D eigenvalue weighted by Gasteiger charge is 2.35. The van der Waals surface area contributed by atoms with Crippen LogP contribution in [-0.4, -0.2) is 51.4 Å². The van der Waals surface area contributed by atoms with Crippen molar-refractivity contribution in [1.29, 1.82) is 0 Å². The fraction of sp³-hybridized carbons (Fsp3) is 0.600. The lowest BCUT2D eigenvalue weighted by molar-refractivity contribution is 0.131. The topological polar surface area (TPSA) is 71.2 Å². The molecule has 0 amide bonds. The third-order valence-electron chi connectivity index (χ3n) is 4.78. The van der Waals surface area contributed by atoms with Gasteiger partial charge in [-0.3, -0.25) is 4.90 Å². The number of rotatable bonds is 5. The Kier molecular flexibility index (Phi) is 3.29. The predicted octanol–water partition coefficient (Wildman–Crippen LogP) is 1.62. The average molecular weight is 300 g/mol. The van der Waals surface area contributed by atoms with Crippen LogP contribution < -0.4 is 4.90 Å². The first kappa shape index (κ1) is 13.6. The molecule has 7 heteroatoms. The van der Waals surface area contributed by atoms with E-state index in [1.165, 1.54) is 19.2 Å². The van der Waals surface area contributed by atoms with Crippen molar-refractivity contribution in [2.45, 2.75) is 37.8 Å². The van der Waals surface area contributed by atoms with E-state index in [9.17, 15) is 0 Å². The first-order chi connectivity index (χ1) is 10.7. The number of aromatic nitrogens is 4. The maximum atomic E-state index is 5.15. The van der Waals surface area contributed by atoms with Crippen molar-refractivity contribution in [1.82, 2.24) is 25.2 Å². The molecule has 2 aliphatic rings. The highest BCUT2D eigenvalue weighted by Crippen LogP contribution is 2.39. The molecule has 2 fully saturated rings. The first-order valence-electron chi connectivity index (χ1n) is 7.79. The second kappa shape index (κ2) is 5.31. The van der Waals surface area contributed by atoms with E-state index < -0.39 is 0 Å². The summed E-state index contributed by atoms with van der Waals surface area (Å²) in [6, 6.07) is 4.81. The van der Waals surface area contributed by atoms with Gasteiger partial charge in [-0.25, -0.2) is 0 Å². The Bertz CT molecular complexity index is 618. The van der Waals surface area contributed by atoms with E-state index in [-0.39, 0.29) is 6.04 Å². The maximum absolute atomic E-state index is 5.15. The van der Waals surface area contributed by atoms with Crippen LogP contribution in [0.3, 0.4) is 0 Å². The summed E-state index contributed by atoms with van der Waals surface area (Å²) >= 11 is 0. The fourth-order valence-electron chi connectivity index (χ4n) is 2.86. The Labute approximate surface area is 129 Å². The van der Waals surface area contributed by atoms with Gasteiger partial charge in [0.05, 0.1) is 11.7 Å². The van der Waals surface area contributed by atoms with E-state index >= 15 is 0 Å². The second-order valence-electron chi connectivity index (χ2n) is 6.27. The monoisotopic (exact) mass is 300 g/mol. The van der Waals surface area contributed by atoms with Gasteiger partial charge in [0.15, 0.2) is 12.1 Å². The lowest BCUT2D eigenvalue weighted by Gasteiger charge is -2.45. The van der Waals surface area contributed by atoms with Gasteiger partial charge in [0, 0.05) is 25.0 Å². The van der Waals surface area contributed by atoms with E-state index in [2.05, 4.69) is 56.2 Å². The van der Waals surface area contributed by atoms with E-state index in [4.69, 9.17) is 4.52 Å². The summed E-state index contributed by atoms with van der Waals surface area (Å²) < 4.78 is 5.15. The Morgan fingerprint density at radius 1 is 1.27 bits per heavy atom. The number of nitrogens with zero attached hydrogens (tertiary/aromatic N) is 6. The van der Waals surface area contributed by atoms with Gasteiger partial charge in [-0.2, -0.15) is 10.1 Å². The first-order valence-corrected chi connectivity index (χ1v) is 7.79. The standard InChI is InChI=1S/C15H20N6O/c1-10(15-16-9-17-22-15)20(2)12-7-21(8-12)14-6-5-13(18-19-14)11-3-4-11/h5-6,9-12H,3-4,7-8H2,1-2H3. The summed E-state index contributed by atoms with van der Waals surface area (Å²) in [5.74, 6) is 2.29. The molecule has 2 aromatic rings. The largest absolute Gasteiger partial charge is 0.352 e. The van der Waals surface area contributed by atoms with Gasteiger partial charge in [0.25, 0.3) is 0 Å². The van der Waals surface area contributed by atoms with Crippen LogP contribution in [0.15, 0.2) is 23.0 Å². The molecule has 3 heterocycles. The molecule has 7 nitrogen and oxygen atoms in total. The van der Waals surface area contributed by atoms with E-state index in [0.717, 1.165) is 24.6 Å². The van der Waals surface area contributed by atoms with Crippen LogP contribution in [0.4, 0.5) is 5.82 Å². The third-order valence-corrected chi connectivity index (χ3v) is 4.78. The maximum Gasteiger partial charge on any atom is 0.243 e. The summed E-state index contributed by atoms with van der Waals surface area (Å²) in [7, 11) is 2.10. The van der Waals surface area contributed by atoms with Crippen molar-refractivity contribution >= 4 is 5.82 Å². The second-order valence-corrected chi connectivity index (χ2v) is 6.27. The molecule has 0 aromatic carbocycles. The molecule has 2 aromatic heterocycles. The summed E-state index contributed by atoms with van der Waals surface area (Å²) in [6.07, 6.45) is 3.97. The van der Waals surface area contributed by atoms with Crippen LogP contribution >= 0.6 is 0 Å². The molecule has 1 atom stereocenters. The smallest absolute Gasteiger partial charge is 0.243 e. The molecule has 22 heavy (non-hydrogen) atoms. The van der Waals surface area contributed by atoms with Gasteiger partial charge in [-0.1, -0.05) is 5.16 Å². The SMILES string of the molecule is CC(c1ncno1)N(C)C1CN(c2ccc(C3CC3)nn2)C1. The van der Waals surface area contributed by atoms with Crippen molar-refractivity contribution in [2.75, 3.05) is 25.0 Å². The van der Waals surface area contributed by atoms with Gasteiger partial charge in [0.1, 0.15) is 0 Å². The van der Waals surface area contributed by atoms with Crippen molar-refractivity contribution < 1.29 is 4.52 Å². The van der Waals surface area contributed by atoms with Crippen molar-refractivity contribution in [3.63, 3.8) is 0 Å². The molecule has 0 N–H and O–H groups in total. The summed E-state index contributed by atoms with van der Waals surface area (Å²) in [6.45, 7) is 3.99. The molecule has 1 saturated carbocycles. The molecular formula is C15H20N6O. The Balaban J connectivity index is 1.35. The molecule has 1 aliphatic heterocycles. The van der Waals surface area contributed by atoms with E-state index in [0.29, 0.717) is 17.9 Å². The number of hydrogen-bond acceptors (Lipinski definition) is 7. The lowest BCUT2D eigenvalue weighted by Crippen LogP contribution is -2.59. The Morgan fingerprint density at radius 3 is 2.68 bits per heavy atom. The van der Waals surface area contributed by atoms with Crippen LogP contribution in [0.1, 0.15) is 43.3 Å². The van der Waals surface area contributed by atoms with Gasteiger partial charge < -0.3 is 9.42 Å². The molecule has 0 radical (unpaired) electrons. The molecule has 4 rings (SSSR count). The number of likely N-dealkylation sites (N-methyl/N-ethyl adjacent to an activating group) is 1. The minimum absolute atomic E-state index is 0.123. The molecule has 116 valence electrons. The molecular weight excluding hydrogens is 280 g/mol. The van der Waals surface area contributed by atoms with Gasteiger partial charge >= 0.3 is 0 Å². The fourth-order valence-corrected chi connectivity index (χ4v) is 2.86. The van der Waals surface area contributed by atoms with Gasteiger partial charge in [0.2, 0.25) is 5.89 Å². The minimum atomic E-state index is 0.123. The van der Waals surface area contributed by atoms with Crippen LogP contribution in [-0.2, 0) is 0 Å². The summed E-state index contributed by atoms with van der Waals surface area (Å²) in [4.78, 5) is 8.66. The third kappa shape index (κ3) is 2.45. The number of hydrogen-bond donors (Lipinski definition) is 0. The van der Waals surface area contributed by atoms with Crippen LogP contribution in [0.5, 0.6) is 0 Å². The molecule has 0 bridgehead atoms. The van der Waals surface area contributed by atoms with Gasteiger partial charge in [-0.15, -0.1) is 5.10 Å². The molecule has 1 unspecified atom stereocenters. The Morgan fingerprint density at radius 2 is 2.09 bits per heavy atom. The molecule has 1 aliphatic carbocycles. The quantitative estimate of drug-likeness (QED) is 0.830. The predicted molar refractivity (Wildman–Crippen MR) is 80.5 cm³/mol. The number of anilines is 1. The van der Waals surface area contributed by atoms with Crippen LogP contribution in [0.2, 0.25) is 0 Å². The zero-order valence-electron chi connectivity index (χ0n) is 12.9. The Hall–Kier alpha value is -2.02. The zero-order chi connectivity index (χ0) is 15.1. The highest BCUT2D eigenvalue weighted by molar-refractivity contribution is 5.42. The average Bonchev–Trinajstić information content (AvgIpc) is 3.20. The minimum Gasteiger partial charge on any atom is -0.352 e. The van der Waals surface area contributed by atoms with Crippen molar-refractivity contribution in [3.8, 4) is 0 Å². The van der Waals surface area contributed by atoms with Crippen LogP contribution in [0, 0.1) is 0 Å². The van der Waals surface area contributed by atoms with Crippen LogP contribution in [0.25, 0.3) is 0 Å². The van der Waals surface area contributed by atoms with Gasteiger partial charge in [-0.05, 0) is 38.9 Å². The summed E-state index contributed by atoms with van der Waals surface area (Å²) in [5, 5.41) is 12.4. The van der Waals surface area contributed by atoms with Crippen molar-refractivity contribution in [2.24, 2.45) is 0 Å². The van der Waals surface area contributed by atoms with Crippen molar-refractivity contribution in [3.05, 3.63) is 30.0 Å². The zero-order valence-corrected chi connectivity index (χ0v) is 12.9. The molecule has 1 saturated heterocycles. The molecule has 0 spiro atoms. The highest BCUT2D eigenvalue weighted by atomic mass is 16.5. The lowest BCUT2D eigenvalue weighted by atomic mass is 10.1. The summed E-state index contributed by atoms with van der Waals surface area (Å²) in [5.41, 5.74) is 1.14. The van der Waals surface area contributed by atoms with E-state index in [1.807, 2.05) is 0 Å².